The van der Waals surface area contributed by atoms with Gasteiger partial charge in [-0.1, -0.05) is 30.3 Å². The number of thiocarbonyl (C=S) groups is 1. The first-order valence-corrected chi connectivity index (χ1v) is 10.0. The third kappa shape index (κ3) is 6.65. The summed E-state index contributed by atoms with van der Waals surface area (Å²) >= 11 is 5.69. The Balaban J connectivity index is 1.53. The Morgan fingerprint density at radius 2 is 1.93 bits per heavy atom. The molecule has 146 valence electrons. The van der Waals surface area contributed by atoms with Gasteiger partial charge in [-0.3, -0.25) is 4.90 Å². The van der Waals surface area contributed by atoms with Crippen molar-refractivity contribution in [3.05, 3.63) is 59.5 Å². The number of benzene rings is 1. The Morgan fingerprint density at radius 3 is 2.63 bits per heavy atom. The molecule has 0 saturated carbocycles. The molecule has 1 saturated heterocycles. The summed E-state index contributed by atoms with van der Waals surface area (Å²) in [6, 6.07) is 14.4. The SMILES string of the molecule is Cc1ccc(CN(CCCN2CCOCC2)C(=S)NCc2ccccc2)o1. The molecule has 0 unspecified atom stereocenters. The fourth-order valence-corrected chi connectivity index (χ4v) is 3.43. The standard InChI is InChI=1S/C21H29N3O2S/c1-18-8-9-20(26-18)17-24(11-5-10-23-12-14-25-15-13-23)21(27)22-16-19-6-3-2-4-7-19/h2-4,6-9H,5,10-17H2,1H3,(H,22,27). The zero-order valence-electron chi connectivity index (χ0n) is 16.0. The van der Waals surface area contributed by atoms with E-state index in [2.05, 4.69) is 27.2 Å². The van der Waals surface area contributed by atoms with Crippen molar-refractivity contribution >= 4 is 17.3 Å². The van der Waals surface area contributed by atoms with Crippen molar-refractivity contribution in [1.29, 1.82) is 0 Å². The second-order valence-electron chi connectivity index (χ2n) is 6.89. The molecule has 0 spiro atoms. The quantitative estimate of drug-likeness (QED) is 0.702. The molecule has 3 rings (SSSR count). The van der Waals surface area contributed by atoms with Gasteiger partial charge in [0.15, 0.2) is 5.11 Å². The Hall–Kier alpha value is -1.89. The number of furan rings is 1. The van der Waals surface area contributed by atoms with Gasteiger partial charge in [0.2, 0.25) is 0 Å². The van der Waals surface area contributed by atoms with Crippen LogP contribution >= 0.6 is 12.2 Å². The second-order valence-corrected chi connectivity index (χ2v) is 7.27. The van der Waals surface area contributed by atoms with Crippen LogP contribution in [0.15, 0.2) is 46.9 Å². The van der Waals surface area contributed by atoms with Crippen molar-refractivity contribution in [3.63, 3.8) is 0 Å². The average molecular weight is 388 g/mol. The highest BCUT2D eigenvalue weighted by Crippen LogP contribution is 2.11. The van der Waals surface area contributed by atoms with Gasteiger partial charge in [0.25, 0.3) is 0 Å². The van der Waals surface area contributed by atoms with E-state index >= 15 is 0 Å². The molecular formula is C21H29N3O2S. The van der Waals surface area contributed by atoms with Gasteiger partial charge in [-0.25, -0.2) is 0 Å². The molecule has 2 aromatic rings. The number of hydrogen-bond donors (Lipinski definition) is 1. The topological polar surface area (TPSA) is 40.9 Å². The Kier molecular flexibility index (Phi) is 7.68. The maximum absolute atomic E-state index is 5.77. The maximum Gasteiger partial charge on any atom is 0.169 e. The summed E-state index contributed by atoms with van der Waals surface area (Å²) in [7, 11) is 0. The first-order valence-electron chi connectivity index (χ1n) is 9.63. The average Bonchev–Trinajstić information content (AvgIpc) is 3.12. The molecule has 6 heteroatoms. The lowest BCUT2D eigenvalue weighted by molar-refractivity contribution is 0.0367. The van der Waals surface area contributed by atoms with Gasteiger partial charge < -0.3 is 19.4 Å². The first kappa shape index (κ1) is 19.9. The predicted molar refractivity (Wildman–Crippen MR) is 112 cm³/mol. The first-order chi connectivity index (χ1) is 13.2. The summed E-state index contributed by atoms with van der Waals surface area (Å²) in [5.74, 6) is 1.88. The van der Waals surface area contributed by atoms with E-state index < -0.39 is 0 Å². The molecule has 1 aromatic carbocycles. The van der Waals surface area contributed by atoms with E-state index in [1.807, 2.05) is 37.3 Å². The predicted octanol–water partition coefficient (Wildman–Crippen LogP) is 3.19. The number of aryl methyl sites for hydroxylation is 1. The molecule has 2 heterocycles. The molecule has 0 atom stereocenters. The second kappa shape index (κ2) is 10.4. The van der Waals surface area contributed by atoms with E-state index in [-0.39, 0.29) is 0 Å². The van der Waals surface area contributed by atoms with E-state index in [4.69, 9.17) is 21.4 Å². The third-order valence-corrected chi connectivity index (χ3v) is 5.13. The summed E-state index contributed by atoms with van der Waals surface area (Å²) < 4.78 is 11.2. The fraction of sp³-hybridized carbons (Fsp3) is 0.476. The molecule has 27 heavy (non-hydrogen) atoms. The zero-order chi connectivity index (χ0) is 18.9. The molecule has 1 aliphatic heterocycles. The van der Waals surface area contributed by atoms with Crippen LogP contribution in [0.5, 0.6) is 0 Å². The smallest absolute Gasteiger partial charge is 0.169 e. The number of ether oxygens (including phenoxy) is 1. The van der Waals surface area contributed by atoms with Crippen LogP contribution in [0.2, 0.25) is 0 Å². The van der Waals surface area contributed by atoms with Crippen LogP contribution in [0.25, 0.3) is 0 Å². The Bertz CT molecular complexity index is 698. The van der Waals surface area contributed by atoms with Crippen LogP contribution in [-0.4, -0.2) is 54.3 Å². The van der Waals surface area contributed by atoms with E-state index in [1.54, 1.807) is 0 Å². The van der Waals surface area contributed by atoms with E-state index in [1.165, 1.54) is 5.56 Å². The van der Waals surface area contributed by atoms with Gasteiger partial charge in [0, 0.05) is 32.7 Å². The number of rotatable bonds is 8. The molecule has 5 nitrogen and oxygen atoms in total. The van der Waals surface area contributed by atoms with Crippen LogP contribution in [0.1, 0.15) is 23.5 Å². The van der Waals surface area contributed by atoms with Crippen molar-refractivity contribution in [2.75, 3.05) is 39.4 Å². The van der Waals surface area contributed by atoms with E-state index in [0.717, 1.165) is 69.0 Å². The van der Waals surface area contributed by atoms with Crippen LogP contribution in [0, 0.1) is 6.92 Å². The number of morpholine rings is 1. The molecule has 0 amide bonds. The summed E-state index contributed by atoms with van der Waals surface area (Å²) in [5.41, 5.74) is 1.22. The van der Waals surface area contributed by atoms with Gasteiger partial charge in [0.05, 0.1) is 19.8 Å². The van der Waals surface area contributed by atoms with Crippen molar-refractivity contribution in [3.8, 4) is 0 Å². The summed E-state index contributed by atoms with van der Waals surface area (Å²) in [5, 5.41) is 4.17. The minimum Gasteiger partial charge on any atom is -0.464 e. The highest BCUT2D eigenvalue weighted by Gasteiger charge is 2.14. The fourth-order valence-electron chi connectivity index (χ4n) is 3.21. The van der Waals surface area contributed by atoms with Gasteiger partial charge in [-0.2, -0.15) is 0 Å². The normalized spacial score (nSPS) is 14.9. The molecule has 1 N–H and O–H groups in total. The molecule has 1 aliphatic rings. The van der Waals surface area contributed by atoms with Crippen molar-refractivity contribution in [1.82, 2.24) is 15.1 Å². The maximum atomic E-state index is 5.77. The van der Waals surface area contributed by atoms with Gasteiger partial charge in [-0.05, 0) is 43.3 Å². The summed E-state index contributed by atoms with van der Waals surface area (Å²) in [4.78, 5) is 4.66. The molecule has 1 fully saturated rings. The molecular weight excluding hydrogens is 358 g/mol. The summed E-state index contributed by atoms with van der Waals surface area (Å²) in [6.07, 6.45) is 1.06. The summed E-state index contributed by atoms with van der Waals surface area (Å²) in [6.45, 7) is 9.09. The lowest BCUT2D eigenvalue weighted by atomic mass is 10.2. The van der Waals surface area contributed by atoms with Crippen molar-refractivity contribution in [2.24, 2.45) is 0 Å². The van der Waals surface area contributed by atoms with Gasteiger partial charge in [0.1, 0.15) is 11.5 Å². The number of hydrogen-bond acceptors (Lipinski definition) is 4. The molecule has 1 aromatic heterocycles. The lowest BCUT2D eigenvalue weighted by Crippen LogP contribution is -2.41. The monoisotopic (exact) mass is 387 g/mol. The molecule has 0 radical (unpaired) electrons. The Morgan fingerprint density at radius 1 is 1.15 bits per heavy atom. The minimum atomic E-state index is 0.692. The lowest BCUT2D eigenvalue weighted by Gasteiger charge is -2.29. The van der Waals surface area contributed by atoms with Gasteiger partial charge in [-0.15, -0.1) is 0 Å². The number of nitrogens with zero attached hydrogens (tertiary/aromatic N) is 2. The minimum absolute atomic E-state index is 0.692. The third-order valence-electron chi connectivity index (χ3n) is 4.72. The van der Waals surface area contributed by atoms with Crippen LogP contribution in [0.3, 0.4) is 0 Å². The van der Waals surface area contributed by atoms with Gasteiger partial charge >= 0.3 is 0 Å². The zero-order valence-corrected chi connectivity index (χ0v) is 16.8. The van der Waals surface area contributed by atoms with Crippen LogP contribution in [-0.2, 0) is 17.8 Å². The molecule has 0 bridgehead atoms. The molecule has 0 aliphatic carbocycles. The van der Waals surface area contributed by atoms with E-state index in [9.17, 15) is 0 Å². The van der Waals surface area contributed by atoms with E-state index in [0.29, 0.717) is 6.54 Å². The highest BCUT2D eigenvalue weighted by molar-refractivity contribution is 7.80. The van der Waals surface area contributed by atoms with Crippen LogP contribution < -0.4 is 5.32 Å². The largest absolute Gasteiger partial charge is 0.464 e. The van der Waals surface area contributed by atoms with Crippen molar-refractivity contribution < 1.29 is 9.15 Å². The van der Waals surface area contributed by atoms with Crippen molar-refractivity contribution in [2.45, 2.75) is 26.4 Å². The Labute approximate surface area is 167 Å². The highest BCUT2D eigenvalue weighted by atomic mass is 32.1. The van der Waals surface area contributed by atoms with Crippen LogP contribution in [0.4, 0.5) is 0 Å². The number of nitrogens with one attached hydrogen (secondary N) is 1.